The fourth-order valence-corrected chi connectivity index (χ4v) is 1.48. The van der Waals surface area contributed by atoms with Gasteiger partial charge in [0, 0.05) is 19.8 Å². The molecule has 0 aromatic heterocycles. The second-order valence-corrected chi connectivity index (χ2v) is 3.47. The van der Waals surface area contributed by atoms with Crippen LogP contribution in [0.5, 0.6) is 0 Å². The molecule has 0 aliphatic carbocycles. The highest BCUT2D eigenvalue weighted by atomic mass is 19.4. The molecule has 90 valence electrons. The van der Waals surface area contributed by atoms with E-state index in [4.69, 9.17) is 10.5 Å². The highest BCUT2D eigenvalue weighted by Gasteiger charge is 2.34. The van der Waals surface area contributed by atoms with Crippen molar-refractivity contribution in [2.75, 3.05) is 13.7 Å². The highest BCUT2D eigenvalue weighted by Crippen LogP contribution is 2.34. The normalized spacial score (nSPS) is 13.8. The van der Waals surface area contributed by atoms with Crippen molar-refractivity contribution in [2.45, 2.75) is 18.6 Å². The number of methoxy groups -OCH3 is 1. The first-order valence-electron chi connectivity index (χ1n) is 4.87. The van der Waals surface area contributed by atoms with E-state index >= 15 is 0 Å². The van der Waals surface area contributed by atoms with Crippen molar-refractivity contribution in [3.63, 3.8) is 0 Å². The van der Waals surface area contributed by atoms with Crippen LogP contribution in [0.4, 0.5) is 13.2 Å². The lowest BCUT2D eigenvalue weighted by Gasteiger charge is -2.17. The Labute approximate surface area is 92.2 Å². The van der Waals surface area contributed by atoms with Crippen LogP contribution in [-0.4, -0.2) is 13.7 Å². The summed E-state index contributed by atoms with van der Waals surface area (Å²) in [5.74, 6) is 0. The fraction of sp³-hybridized carbons (Fsp3) is 0.455. The number of nitrogens with two attached hydrogens (primary N) is 1. The van der Waals surface area contributed by atoms with Gasteiger partial charge in [0.15, 0.2) is 0 Å². The summed E-state index contributed by atoms with van der Waals surface area (Å²) in [4.78, 5) is 0. The summed E-state index contributed by atoms with van der Waals surface area (Å²) in [6, 6.07) is 4.70. The summed E-state index contributed by atoms with van der Waals surface area (Å²) in [5.41, 5.74) is 5.15. The Morgan fingerprint density at radius 3 is 2.50 bits per heavy atom. The van der Waals surface area contributed by atoms with Gasteiger partial charge in [0.2, 0.25) is 0 Å². The van der Waals surface area contributed by atoms with Gasteiger partial charge in [-0.3, -0.25) is 0 Å². The summed E-state index contributed by atoms with van der Waals surface area (Å²) in [6.45, 7) is 0.341. The molecule has 1 rings (SSSR count). The molecular formula is C11H14F3NO. The topological polar surface area (TPSA) is 35.2 Å². The van der Waals surface area contributed by atoms with Crippen molar-refractivity contribution in [3.05, 3.63) is 35.4 Å². The molecule has 0 aliphatic rings. The SMILES string of the molecule is COCCC(N)c1ccccc1C(F)(F)F. The molecule has 1 aromatic rings. The van der Waals surface area contributed by atoms with Gasteiger partial charge in [0.1, 0.15) is 0 Å². The maximum Gasteiger partial charge on any atom is 0.416 e. The van der Waals surface area contributed by atoms with Crippen LogP contribution in [-0.2, 0) is 10.9 Å². The number of ether oxygens (including phenoxy) is 1. The van der Waals surface area contributed by atoms with Crippen LogP contribution >= 0.6 is 0 Å². The molecule has 0 bridgehead atoms. The minimum atomic E-state index is -4.36. The zero-order valence-electron chi connectivity index (χ0n) is 8.92. The predicted octanol–water partition coefficient (Wildman–Crippen LogP) is 2.74. The van der Waals surface area contributed by atoms with E-state index in [9.17, 15) is 13.2 Å². The number of halogens is 3. The number of alkyl halides is 3. The van der Waals surface area contributed by atoms with E-state index in [0.717, 1.165) is 6.07 Å². The molecule has 0 aliphatic heterocycles. The van der Waals surface area contributed by atoms with Crippen LogP contribution in [0.15, 0.2) is 24.3 Å². The van der Waals surface area contributed by atoms with E-state index in [1.807, 2.05) is 0 Å². The molecular weight excluding hydrogens is 219 g/mol. The maximum absolute atomic E-state index is 12.6. The fourth-order valence-electron chi connectivity index (χ4n) is 1.48. The molecule has 5 heteroatoms. The number of benzene rings is 1. The zero-order valence-corrected chi connectivity index (χ0v) is 8.92. The molecule has 2 N–H and O–H groups in total. The van der Waals surface area contributed by atoms with Crippen LogP contribution in [0.3, 0.4) is 0 Å². The predicted molar refractivity (Wildman–Crippen MR) is 54.9 cm³/mol. The smallest absolute Gasteiger partial charge is 0.385 e. The first-order valence-corrected chi connectivity index (χ1v) is 4.87. The molecule has 2 nitrogen and oxygen atoms in total. The average Bonchev–Trinajstić information content (AvgIpc) is 2.24. The van der Waals surface area contributed by atoms with Gasteiger partial charge in [-0.1, -0.05) is 18.2 Å². The van der Waals surface area contributed by atoms with Gasteiger partial charge < -0.3 is 10.5 Å². The van der Waals surface area contributed by atoms with Gasteiger partial charge in [-0.25, -0.2) is 0 Å². The second-order valence-electron chi connectivity index (χ2n) is 3.47. The molecule has 16 heavy (non-hydrogen) atoms. The first kappa shape index (κ1) is 13.0. The Hall–Kier alpha value is -1.07. The Bertz CT molecular complexity index is 338. The van der Waals surface area contributed by atoms with Gasteiger partial charge in [0.25, 0.3) is 0 Å². The minimum Gasteiger partial charge on any atom is -0.385 e. The molecule has 0 saturated carbocycles. The van der Waals surface area contributed by atoms with Gasteiger partial charge in [-0.2, -0.15) is 13.2 Å². The van der Waals surface area contributed by atoms with E-state index in [0.29, 0.717) is 13.0 Å². The number of rotatable bonds is 4. The third kappa shape index (κ3) is 3.21. The third-order valence-electron chi connectivity index (χ3n) is 2.30. The van der Waals surface area contributed by atoms with Crippen LogP contribution in [0.2, 0.25) is 0 Å². The quantitative estimate of drug-likeness (QED) is 0.867. The molecule has 0 fully saturated rings. The molecule has 0 saturated heterocycles. The second kappa shape index (κ2) is 5.32. The summed E-state index contributed by atoms with van der Waals surface area (Å²) in [7, 11) is 1.49. The van der Waals surface area contributed by atoms with Crippen molar-refractivity contribution in [2.24, 2.45) is 5.73 Å². The lowest BCUT2D eigenvalue weighted by Crippen LogP contribution is -2.18. The van der Waals surface area contributed by atoms with Gasteiger partial charge in [-0.05, 0) is 18.1 Å². The van der Waals surface area contributed by atoms with Crippen molar-refractivity contribution in [3.8, 4) is 0 Å². The van der Waals surface area contributed by atoms with Crippen molar-refractivity contribution in [1.29, 1.82) is 0 Å². The van der Waals surface area contributed by atoms with Crippen LogP contribution in [0.1, 0.15) is 23.6 Å². The van der Waals surface area contributed by atoms with Crippen molar-refractivity contribution >= 4 is 0 Å². The van der Waals surface area contributed by atoms with Crippen LogP contribution in [0.25, 0.3) is 0 Å². The van der Waals surface area contributed by atoms with Gasteiger partial charge >= 0.3 is 6.18 Å². The lowest BCUT2D eigenvalue weighted by molar-refractivity contribution is -0.138. The largest absolute Gasteiger partial charge is 0.416 e. The van der Waals surface area contributed by atoms with E-state index < -0.39 is 17.8 Å². The summed E-state index contributed by atoms with van der Waals surface area (Å²) in [6.07, 6.45) is -4.00. The molecule has 1 atom stereocenters. The summed E-state index contributed by atoms with van der Waals surface area (Å²) in [5, 5.41) is 0. The Morgan fingerprint density at radius 2 is 1.94 bits per heavy atom. The van der Waals surface area contributed by atoms with E-state index in [1.165, 1.54) is 19.2 Å². The number of hydrogen-bond acceptors (Lipinski definition) is 2. The van der Waals surface area contributed by atoms with Crippen LogP contribution in [0, 0.1) is 0 Å². The van der Waals surface area contributed by atoms with Gasteiger partial charge in [0.05, 0.1) is 5.56 Å². The van der Waals surface area contributed by atoms with E-state index in [-0.39, 0.29) is 5.56 Å². The van der Waals surface area contributed by atoms with Gasteiger partial charge in [-0.15, -0.1) is 0 Å². The molecule has 0 radical (unpaired) electrons. The first-order chi connectivity index (χ1) is 7.46. The summed E-state index contributed by atoms with van der Waals surface area (Å²) < 4.78 is 42.7. The highest BCUT2D eigenvalue weighted by molar-refractivity contribution is 5.32. The molecule has 1 unspecified atom stereocenters. The Morgan fingerprint density at radius 1 is 1.31 bits per heavy atom. The zero-order chi connectivity index (χ0) is 12.2. The standard InChI is InChI=1S/C11H14F3NO/c1-16-7-6-10(15)8-4-2-3-5-9(8)11(12,13)14/h2-5,10H,6-7,15H2,1H3. The molecule has 0 amide bonds. The monoisotopic (exact) mass is 233 g/mol. The summed E-state index contributed by atoms with van der Waals surface area (Å²) >= 11 is 0. The van der Waals surface area contributed by atoms with Crippen molar-refractivity contribution < 1.29 is 17.9 Å². The lowest BCUT2D eigenvalue weighted by atomic mass is 9.98. The van der Waals surface area contributed by atoms with E-state index in [2.05, 4.69) is 0 Å². The average molecular weight is 233 g/mol. The Balaban J connectivity index is 2.94. The molecule has 0 spiro atoms. The maximum atomic E-state index is 12.6. The Kier molecular flexibility index (Phi) is 4.32. The molecule has 1 aromatic carbocycles. The van der Waals surface area contributed by atoms with E-state index in [1.54, 1.807) is 6.07 Å². The minimum absolute atomic E-state index is 0.118. The molecule has 0 heterocycles. The van der Waals surface area contributed by atoms with Crippen LogP contribution < -0.4 is 5.73 Å². The number of hydrogen-bond donors (Lipinski definition) is 1. The third-order valence-corrected chi connectivity index (χ3v) is 2.30. The van der Waals surface area contributed by atoms with Crippen molar-refractivity contribution in [1.82, 2.24) is 0 Å².